The number of nitrogens with zero attached hydrogens (tertiary/aromatic N) is 3. The molecule has 156 valence electrons. The molecule has 0 saturated carbocycles. The highest BCUT2D eigenvalue weighted by atomic mass is 32.2. The molecule has 5 heteroatoms. The molecule has 2 atom stereocenters. The van der Waals surface area contributed by atoms with E-state index < -0.39 is 0 Å². The Hall–Kier alpha value is -2.40. The molecule has 0 radical (unpaired) electrons. The third kappa shape index (κ3) is 3.83. The van der Waals surface area contributed by atoms with Gasteiger partial charge in [-0.25, -0.2) is 9.89 Å². The first kappa shape index (κ1) is 20.9. The van der Waals surface area contributed by atoms with Crippen LogP contribution in [0.15, 0.2) is 58.5 Å². The Morgan fingerprint density at radius 3 is 2.47 bits per heavy atom. The lowest BCUT2D eigenvalue weighted by Gasteiger charge is -2.26. The molecule has 0 N–H and O–H groups in total. The van der Waals surface area contributed by atoms with Crippen LogP contribution in [0, 0.1) is 5.92 Å². The van der Waals surface area contributed by atoms with Crippen LogP contribution in [0.2, 0.25) is 0 Å². The van der Waals surface area contributed by atoms with Crippen LogP contribution in [0.3, 0.4) is 0 Å². The number of hydrogen-bond acceptors (Lipinski definition) is 4. The normalized spacial score (nSPS) is 19.2. The summed E-state index contributed by atoms with van der Waals surface area (Å²) in [6, 6.07) is 16.4. The van der Waals surface area contributed by atoms with Crippen LogP contribution in [0.1, 0.15) is 57.7 Å². The molecule has 0 spiro atoms. The van der Waals surface area contributed by atoms with E-state index in [9.17, 15) is 4.79 Å². The predicted molar refractivity (Wildman–Crippen MR) is 127 cm³/mol. The van der Waals surface area contributed by atoms with Gasteiger partial charge in [-0.05, 0) is 34.6 Å². The van der Waals surface area contributed by atoms with Crippen LogP contribution < -0.4 is 0 Å². The van der Waals surface area contributed by atoms with E-state index in [1.165, 1.54) is 11.1 Å². The van der Waals surface area contributed by atoms with E-state index in [-0.39, 0.29) is 23.3 Å². The maximum Gasteiger partial charge on any atom is 0.259 e. The molecule has 4 nitrogen and oxygen atoms in total. The van der Waals surface area contributed by atoms with Gasteiger partial charge in [0, 0.05) is 11.3 Å². The summed E-state index contributed by atoms with van der Waals surface area (Å²) in [7, 11) is 0. The van der Waals surface area contributed by atoms with Gasteiger partial charge in [0.1, 0.15) is 11.9 Å². The number of carbonyl (C=O) groups is 1. The van der Waals surface area contributed by atoms with Gasteiger partial charge in [0.2, 0.25) is 0 Å². The molecule has 4 rings (SSSR count). The number of para-hydroxylation sites is 1. The maximum atomic E-state index is 13.2. The minimum atomic E-state index is -0.326. The summed E-state index contributed by atoms with van der Waals surface area (Å²) in [6.45, 7) is 10.9. The Bertz CT molecular complexity index is 1020. The fraction of sp³-hybridized carbons (Fsp3) is 0.400. The molecule has 30 heavy (non-hydrogen) atoms. The molecule has 0 saturated heterocycles. The summed E-state index contributed by atoms with van der Waals surface area (Å²) in [6.07, 6.45) is 0.919. The first-order valence-electron chi connectivity index (χ1n) is 10.6. The molecule has 2 aromatic carbocycles. The first-order valence-corrected chi connectivity index (χ1v) is 11.6. The van der Waals surface area contributed by atoms with Crippen molar-refractivity contribution in [3.05, 3.63) is 65.2 Å². The van der Waals surface area contributed by atoms with Gasteiger partial charge >= 0.3 is 0 Å². The number of rotatable bonds is 4. The molecular formula is C25H29N3OS. The van der Waals surface area contributed by atoms with Crippen molar-refractivity contribution in [2.75, 3.05) is 0 Å². The average molecular weight is 420 g/mol. The minimum Gasteiger partial charge on any atom is -0.271 e. The van der Waals surface area contributed by atoms with Crippen molar-refractivity contribution in [1.29, 1.82) is 0 Å². The van der Waals surface area contributed by atoms with Crippen molar-refractivity contribution in [2.45, 2.75) is 58.2 Å². The third-order valence-corrected chi connectivity index (χ3v) is 6.88. The molecule has 0 aromatic heterocycles. The lowest BCUT2D eigenvalue weighted by molar-refractivity contribution is -0.125. The summed E-state index contributed by atoms with van der Waals surface area (Å²) in [5, 5.41) is 0.725. The standard InChI is InChI=1S/C25H29N3OS/c1-6-16(2)21-23(29)28-22(27-21)19-9-7-8-10-20(19)26-24(28)30-15-17-11-13-18(14-12-17)25(3,4)5/h7-14,16,21H,6,15H2,1-5H3/t16-,21-/m1/s1. The number of amides is 1. The van der Waals surface area contributed by atoms with Crippen LogP contribution >= 0.6 is 11.8 Å². The van der Waals surface area contributed by atoms with Gasteiger partial charge < -0.3 is 0 Å². The second-order valence-corrected chi connectivity index (χ2v) is 10.0. The number of hydrogen-bond donors (Lipinski definition) is 0. The van der Waals surface area contributed by atoms with Gasteiger partial charge in [-0.3, -0.25) is 9.79 Å². The van der Waals surface area contributed by atoms with Gasteiger partial charge in [-0.1, -0.05) is 89.2 Å². The molecule has 0 unspecified atom stereocenters. The topological polar surface area (TPSA) is 45.0 Å². The monoisotopic (exact) mass is 419 g/mol. The molecule has 2 aliphatic rings. The smallest absolute Gasteiger partial charge is 0.259 e. The van der Waals surface area contributed by atoms with Crippen LogP contribution in [-0.2, 0) is 16.0 Å². The van der Waals surface area contributed by atoms with Crippen molar-refractivity contribution >= 4 is 34.4 Å². The van der Waals surface area contributed by atoms with Crippen molar-refractivity contribution in [3.8, 4) is 0 Å². The molecule has 2 heterocycles. The third-order valence-electron chi connectivity index (χ3n) is 5.87. The predicted octanol–water partition coefficient (Wildman–Crippen LogP) is 5.92. The highest BCUT2D eigenvalue weighted by molar-refractivity contribution is 8.13. The molecule has 0 bridgehead atoms. The van der Waals surface area contributed by atoms with Crippen LogP contribution in [0.25, 0.3) is 0 Å². The molecular weight excluding hydrogens is 390 g/mol. The van der Waals surface area contributed by atoms with E-state index in [4.69, 9.17) is 9.98 Å². The SMILES string of the molecule is CC[C@@H](C)[C@H]1N=C2c3ccccc3N=C(SCc3ccc(C(C)(C)C)cc3)N2C1=O. The number of benzene rings is 2. The zero-order chi connectivity index (χ0) is 21.5. The zero-order valence-corrected chi connectivity index (χ0v) is 19.2. The summed E-state index contributed by atoms with van der Waals surface area (Å²) in [4.78, 5) is 24.7. The Morgan fingerprint density at radius 1 is 1.10 bits per heavy atom. The number of amidine groups is 2. The van der Waals surface area contributed by atoms with Crippen LogP contribution in [0.4, 0.5) is 5.69 Å². The minimum absolute atomic E-state index is 0.0446. The lowest BCUT2D eigenvalue weighted by Crippen LogP contribution is -2.42. The summed E-state index contributed by atoms with van der Waals surface area (Å²) in [5.41, 5.74) is 4.51. The summed E-state index contributed by atoms with van der Waals surface area (Å²) >= 11 is 1.60. The van der Waals surface area contributed by atoms with Crippen molar-refractivity contribution in [1.82, 2.24) is 4.90 Å². The fourth-order valence-corrected chi connectivity index (χ4v) is 4.67. The Labute approximate surface area is 183 Å². The quantitative estimate of drug-likeness (QED) is 0.617. The van der Waals surface area contributed by atoms with E-state index >= 15 is 0 Å². The number of fused-ring (bicyclic) bond motifs is 3. The Morgan fingerprint density at radius 2 is 1.80 bits per heavy atom. The van der Waals surface area contributed by atoms with Crippen molar-refractivity contribution in [3.63, 3.8) is 0 Å². The summed E-state index contributed by atoms with van der Waals surface area (Å²) in [5.74, 6) is 1.76. The van der Waals surface area contributed by atoms with Gasteiger partial charge in [0.25, 0.3) is 5.91 Å². The van der Waals surface area contributed by atoms with E-state index in [0.29, 0.717) is 0 Å². The zero-order valence-electron chi connectivity index (χ0n) is 18.3. The van der Waals surface area contributed by atoms with Crippen molar-refractivity contribution < 1.29 is 4.79 Å². The molecule has 2 aromatic rings. The van der Waals surface area contributed by atoms with Gasteiger partial charge in [-0.15, -0.1) is 0 Å². The van der Waals surface area contributed by atoms with E-state index in [0.717, 1.165) is 34.4 Å². The van der Waals surface area contributed by atoms with Crippen LogP contribution in [0.5, 0.6) is 0 Å². The fourth-order valence-electron chi connectivity index (χ4n) is 3.71. The molecule has 2 aliphatic heterocycles. The Kier molecular flexibility index (Phi) is 5.58. The second-order valence-electron chi connectivity index (χ2n) is 9.10. The van der Waals surface area contributed by atoms with Gasteiger partial charge in [0.15, 0.2) is 5.17 Å². The van der Waals surface area contributed by atoms with Gasteiger partial charge in [-0.2, -0.15) is 0 Å². The molecule has 0 fully saturated rings. The lowest BCUT2D eigenvalue weighted by atomic mass is 9.87. The largest absolute Gasteiger partial charge is 0.271 e. The highest BCUT2D eigenvalue weighted by Crippen LogP contribution is 2.36. The first-order chi connectivity index (χ1) is 14.3. The highest BCUT2D eigenvalue weighted by Gasteiger charge is 2.42. The number of aliphatic imine (C=N–C) groups is 2. The number of thioether (sulfide) groups is 1. The van der Waals surface area contributed by atoms with Crippen LogP contribution in [-0.4, -0.2) is 27.9 Å². The van der Waals surface area contributed by atoms with E-state index in [2.05, 4.69) is 58.9 Å². The van der Waals surface area contributed by atoms with E-state index in [1.54, 1.807) is 16.7 Å². The molecule has 0 aliphatic carbocycles. The average Bonchev–Trinajstić information content (AvgIpc) is 3.09. The van der Waals surface area contributed by atoms with Crippen molar-refractivity contribution in [2.24, 2.45) is 15.9 Å². The molecule has 1 amide bonds. The second kappa shape index (κ2) is 8.03. The number of carbonyl (C=O) groups excluding carboxylic acids is 1. The van der Waals surface area contributed by atoms with Gasteiger partial charge in [0.05, 0.1) is 5.69 Å². The summed E-state index contributed by atoms with van der Waals surface area (Å²) < 4.78 is 0. The maximum absolute atomic E-state index is 13.2. The Balaban J connectivity index is 1.61. The van der Waals surface area contributed by atoms with E-state index in [1.807, 2.05) is 24.3 Å².